The summed E-state index contributed by atoms with van der Waals surface area (Å²) in [4.78, 5) is 22.0. The number of amides is 1. The number of carbonyl (C=O) groups excluding carboxylic acids is 1. The number of para-hydroxylation sites is 2. The Kier molecular flexibility index (Phi) is 4.78. The minimum absolute atomic E-state index is 0.219. The number of carbonyl (C=O) groups is 1. The van der Waals surface area contributed by atoms with E-state index in [-0.39, 0.29) is 5.91 Å². The number of rotatable bonds is 6. The van der Waals surface area contributed by atoms with Crippen molar-refractivity contribution in [3.8, 4) is 17.3 Å². The van der Waals surface area contributed by atoms with Gasteiger partial charge in [0.25, 0.3) is 5.91 Å². The van der Waals surface area contributed by atoms with Crippen LogP contribution >= 0.6 is 0 Å². The summed E-state index contributed by atoms with van der Waals surface area (Å²) < 4.78 is 2.11. The van der Waals surface area contributed by atoms with Crippen LogP contribution < -0.4 is 10.6 Å². The Labute approximate surface area is 186 Å². The van der Waals surface area contributed by atoms with Gasteiger partial charge in [-0.3, -0.25) is 9.20 Å². The lowest BCUT2D eigenvalue weighted by Gasteiger charge is -2.13. The highest BCUT2D eigenvalue weighted by molar-refractivity contribution is 5.96. The molecule has 2 heterocycles. The number of benzene rings is 2. The number of fused-ring (bicyclic) bond motifs is 3. The lowest BCUT2D eigenvalue weighted by molar-refractivity contribution is 0.0941. The van der Waals surface area contributed by atoms with Gasteiger partial charge >= 0.3 is 0 Å². The number of hydrogen-bond donors (Lipinski definition) is 2. The van der Waals surface area contributed by atoms with E-state index < -0.39 is 5.54 Å². The van der Waals surface area contributed by atoms with Gasteiger partial charge < -0.3 is 10.6 Å². The molecule has 0 atom stereocenters. The average Bonchev–Trinajstić information content (AvgIpc) is 3.44. The zero-order valence-electron chi connectivity index (χ0n) is 18.1. The van der Waals surface area contributed by atoms with Crippen molar-refractivity contribution in [2.24, 2.45) is 5.92 Å². The van der Waals surface area contributed by atoms with E-state index in [4.69, 9.17) is 4.98 Å². The minimum Gasteiger partial charge on any atom is -0.367 e. The molecule has 2 aromatic carbocycles. The van der Waals surface area contributed by atoms with Crippen LogP contribution in [0.25, 0.3) is 27.9 Å². The summed E-state index contributed by atoms with van der Waals surface area (Å²) in [6.45, 7) is 5.11. The number of aromatic nitrogens is 3. The third-order valence-corrected chi connectivity index (χ3v) is 5.77. The van der Waals surface area contributed by atoms with E-state index in [2.05, 4.69) is 39.9 Å². The average molecular weight is 425 g/mol. The predicted octanol–water partition coefficient (Wildman–Crippen LogP) is 4.40. The molecule has 7 nitrogen and oxygen atoms in total. The Morgan fingerprint density at radius 2 is 1.94 bits per heavy atom. The quantitative estimate of drug-likeness (QED) is 0.478. The molecule has 0 unspecified atom stereocenters. The van der Waals surface area contributed by atoms with Crippen LogP contribution in [0.15, 0.2) is 54.7 Å². The van der Waals surface area contributed by atoms with Crippen LogP contribution in [0.2, 0.25) is 0 Å². The molecule has 1 amide bonds. The van der Waals surface area contributed by atoms with Crippen LogP contribution in [0.3, 0.4) is 0 Å². The van der Waals surface area contributed by atoms with Gasteiger partial charge in [0, 0.05) is 17.7 Å². The Morgan fingerprint density at radius 1 is 1.19 bits per heavy atom. The normalized spacial score (nSPS) is 14.4. The van der Waals surface area contributed by atoms with E-state index in [1.807, 2.05) is 42.6 Å². The fourth-order valence-electron chi connectivity index (χ4n) is 3.78. The highest BCUT2D eigenvalue weighted by Crippen LogP contribution is 2.35. The first kappa shape index (κ1) is 20.0. The van der Waals surface area contributed by atoms with Crippen molar-refractivity contribution in [1.82, 2.24) is 19.7 Å². The van der Waals surface area contributed by atoms with E-state index in [1.54, 1.807) is 12.1 Å². The van der Waals surface area contributed by atoms with Gasteiger partial charge in [-0.1, -0.05) is 38.1 Å². The maximum atomic E-state index is 12.5. The van der Waals surface area contributed by atoms with Crippen molar-refractivity contribution in [3.05, 3.63) is 60.3 Å². The second-order valence-electron chi connectivity index (χ2n) is 8.75. The molecule has 2 N–H and O–H groups in total. The van der Waals surface area contributed by atoms with Gasteiger partial charge in [-0.2, -0.15) is 5.26 Å². The Hall–Kier alpha value is -3.92. The molecule has 5 rings (SSSR count). The largest absolute Gasteiger partial charge is 0.367 e. The number of nitriles is 1. The summed E-state index contributed by atoms with van der Waals surface area (Å²) in [5.41, 5.74) is 4.35. The molecule has 4 aromatic rings. The maximum absolute atomic E-state index is 12.5. The molecule has 2 aromatic heterocycles. The van der Waals surface area contributed by atoms with Crippen molar-refractivity contribution in [3.63, 3.8) is 0 Å². The van der Waals surface area contributed by atoms with Crippen LogP contribution in [0.1, 0.15) is 37.0 Å². The second-order valence-corrected chi connectivity index (χ2v) is 8.75. The van der Waals surface area contributed by atoms with Crippen molar-refractivity contribution in [2.75, 3.05) is 11.9 Å². The van der Waals surface area contributed by atoms with Gasteiger partial charge in [-0.25, -0.2) is 9.97 Å². The van der Waals surface area contributed by atoms with Crippen molar-refractivity contribution in [2.45, 2.75) is 32.2 Å². The van der Waals surface area contributed by atoms with E-state index in [9.17, 15) is 10.1 Å². The van der Waals surface area contributed by atoms with Gasteiger partial charge in [-0.15, -0.1) is 0 Å². The monoisotopic (exact) mass is 424 g/mol. The Balaban J connectivity index is 1.54. The zero-order chi connectivity index (χ0) is 22.3. The minimum atomic E-state index is -0.678. The van der Waals surface area contributed by atoms with Gasteiger partial charge in [0.05, 0.1) is 29.0 Å². The van der Waals surface area contributed by atoms with Crippen LogP contribution in [0.5, 0.6) is 0 Å². The number of nitrogens with zero attached hydrogens (tertiary/aromatic N) is 4. The maximum Gasteiger partial charge on any atom is 0.252 e. The second kappa shape index (κ2) is 7.65. The summed E-state index contributed by atoms with van der Waals surface area (Å²) in [5.74, 6) is 1.02. The Morgan fingerprint density at radius 3 is 2.62 bits per heavy atom. The number of imidazole rings is 1. The van der Waals surface area contributed by atoms with Crippen molar-refractivity contribution < 1.29 is 4.79 Å². The standard InChI is InChI=1S/C25H24N6O/c1-16(2)13-27-22-23-28-14-21(31(23)20-6-4-3-5-19(20)29-22)17-7-9-18(10-8-17)24(32)30-25(15-26)11-12-25/h3-10,14,16H,11-13H2,1-2H3,(H,27,29)(H,30,32). The molecule has 1 aliphatic carbocycles. The number of nitrogens with one attached hydrogen (secondary N) is 2. The molecule has 1 fully saturated rings. The van der Waals surface area contributed by atoms with E-state index in [1.165, 1.54) is 0 Å². The molecule has 1 saturated carbocycles. The lowest BCUT2D eigenvalue weighted by atomic mass is 10.1. The van der Waals surface area contributed by atoms with Crippen LogP contribution in [-0.2, 0) is 0 Å². The molecule has 0 spiro atoms. The summed E-state index contributed by atoms with van der Waals surface area (Å²) >= 11 is 0. The van der Waals surface area contributed by atoms with Gasteiger partial charge in [0.1, 0.15) is 5.54 Å². The summed E-state index contributed by atoms with van der Waals surface area (Å²) in [5, 5.41) is 15.5. The molecule has 0 bridgehead atoms. The zero-order valence-corrected chi connectivity index (χ0v) is 18.1. The fraction of sp³-hybridized carbons (Fsp3) is 0.280. The molecule has 0 radical (unpaired) electrons. The molecule has 160 valence electrons. The molecule has 7 heteroatoms. The fourth-order valence-corrected chi connectivity index (χ4v) is 3.78. The first-order valence-electron chi connectivity index (χ1n) is 10.8. The van der Waals surface area contributed by atoms with E-state index >= 15 is 0 Å². The summed E-state index contributed by atoms with van der Waals surface area (Å²) in [7, 11) is 0. The predicted molar refractivity (Wildman–Crippen MR) is 124 cm³/mol. The number of anilines is 1. The topological polar surface area (TPSA) is 95.1 Å². The smallest absolute Gasteiger partial charge is 0.252 e. The third kappa shape index (κ3) is 3.54. The highest BCUT2D eigenvalue weighted by Gasteiger charge is 2.44. The SMILES string of the molecule is CC(C)CNc1nc2ccccc2n2c(-c3ccc(C(=O)NC4(C#N)CC4)cc3)cnc12. The first-order chi connectivity index (χ1) is 15.5. The van der Waals surface area contributed by atoms with Crippen molar-refractivity contribution in [1.29, 1.82) is 5.26 Å². The third-order valence-electron chi connectivity index (χ3n) is 5.77. The van der Waals surface area contributed by atoms with E-state index in [0.29, 0.717) is 24.3 Å². The van der Waals surface area contributed by atoms with Gasteiger partial charge in [-0.05, 0) is 43.0 Å². The highest BCUT2D eigenvalue weighted by atomic mass is 16.1. The van der Waals surface area contributed by atoms with E-state index in [0.717, 1.165) is 40.3 Å². The molecule has 0 aliphatic heterocycles. The molecule has 0 saturated heterocycles. The van der Waals surface area contributed by atoms with Crippen molar-refractivity contribution >= 4 is 28.4 Å². The molecular weight excluding hydrogens is 400 g/mol. The van der Waals surface area contributed by atoms with Gasteiger partial charge in [0.15, 0.2) is 11.5 Å². The Bertz CT molecular complexity index is 1360. The number of hydrogen-bond acceptors (Lipinski definition) is 5. The first-order valence-corrected chi connectivity index (χ1v) is 10.8. The van der Waals surface area contributed by atoms with Crippen LogP contribution in [0, 0.1) is 17.2 Å². The molecular formula is C25H24N6O. The van der Waals surface area contributed by atoms with Crippen LogP contribution in [0.4, 0.5) is 5.82 Å². The van der Waals surface area contributed by atoms with Crippen LogP contribution in [-0.4, -0.2) is 32.4 Å². The summed E-state index contributed by atoms with van der Waals surface area (Å²) in [6.07, 6.45) is 3.26. The molecule has 32 heavy (non-hydrogen) atoms. The van der Waals surface area contributed by atoms with Gasteiger partial charge in [0.2, 0.25) is 0 Å². The summed E-state index contributed by atoms with van der Waals surface area (Å²) in [6, 6.07) is 17.6. The molecule has 1 aliphatic rings. The lowest BCUT2D eigenvalue weighted by Crippen LogP contribution is -2.35.